The molecule has 0 N–H and O–H groups in total. The van der Waals surface area contributed by atoms with Gasteiger partial charge in [-0.15, -0.1) is 0 Å². The zero-order chi connectivity index (χ0) is 18.1. The average molecular weight is 358 g/mol. The minimum atomic E-state index is 0.0434. The Balaban J connectivity index is 1.69. The van der Waals surface area contributed by atoms with Crippen LogP contribution in [0.2, 0.25) is 0 Å². The van der Waals surface area contributed by atoms with Gasteiger partial charge < -0.3 is 14.2 Å². The SMILES string of the molecule is COCCOc1ccc(C(=O)COC)cc1C12CC3CC(CC(C3)C1)C2. The van der Waals surface area contributed by atoms with E-state index in [-0.39, 0.29) is 17.8 Å². The third kappa shape index (κ3) is 3.29. The second-order valence-electron chi connectivity index (χ2n) is 8.61. The average Bonchev–Trinajstić information content (AvgIpc) is 2.61. The summed E-state index contributed by atoms with van der Waals surface area (Å²) in [6, 6.07) is 5.98. The molecule has 1 aromatic rings. The third-order valence-electron chi connectivity index (χ3n) is 6.73. The molecule has 4 saturated carbocycles. The number of rotatable bonds is 8. The smallest absolute Gasteiger partial charge is 0.188 e. The van der Waals surface area contributed by atoms with Gasteiger partial charge in [0.15, 0.2) is 5.78 Å². The number of ether oxygens (including phenoxy) is 3. The van der Waals surface area contributed by atoms with Gasteiger partial charge in [0, 0.05) is 25.3 Å². The van der Waals surface area contributed by atoms with Crippen LogP contribution in [0.4, 0.5) is 0 Å². The molecule has 0 amide bonds. The molecule has 142 valence electrons. The number of carbonyl (C=O) groups excluding carboxylic acids is 1. The van der Waals surface area contributed by atoms with E-state index in [1.54, 1.807) is 14.2 Å². The van der Waals surface area contributed by atoms with Crippen molar-refractivity contribution in [3.8, 4) is 5.75 Å². The van der Waals surface area contributed by atoms with Gasteiger partial charge in [-0.05, 0) is 79.9 Å². The molecule has 4 fully saturated rings. The Morgan fingerprint density at radius 3 is 2.23 bits per heavy atom. The molecule has 0 spiro atoms. The molecule has 0 unspecified atom stereocenters. The maximum Gasteiger partial charge on any atom is 0.188 e. The lowest BCUT2D eigenvalue weighted by atomic mass is 9.48. The van der Waals surface area contributed by atoms with Crippen LogP contribution in [0.1, 0.15) is 54.4 Å². The van der Waals surface area contributed by atoms with Crippen LogP contribution < -0.4 is 4.74 Å². The van der Waals surface area contributed by atoms with Gasteiger partial charge in [0.2, 0.25) is 0 Å². The van der Waals surface area contributed by atoms with Gasteiger partial charge in [-0.3, -0.25) is 4.79 Å². The van der Waals surface area contributed by atoms with Crippen molar-refractivity contribution in [2.45, 2.75) is 43.9 Å². The van der Waals surface area contributed by atoms with E-state index in [0.29, 0.717) is 13.2 Å². The van der Waals surface area contributed by atoms with E-state index in [4.69, 9.17) is 14.2 Å². The largest absolute Gasteiger partial charge is 0.491 e. The molecule has 4 aliphatic carbocycles. The first-order valence-corrected chi connectivity index (χ1v) is 9.92. The summed E-state index contributed by atoms with van der Waals surface area (Å²) >= 11 is 0. The molecular formula is C22H30O4. The zero-order valence-corrected chi connectivity index (χ0v) is 16.0. The maximum atomic E-state index is 12.4. The van der Waals surface area contributed by atoms with Crippen LogP contribution in [0.15, 0.2) is 18.2 Å². The highest BCUT2D eigenvalue weighted by Gasteiger charge is 2.52. The summed E-state index contributed by atoms with van der Waals surface area (Å²) in [5.74, 6) is 3.55. The minimum Gasteiger partial charge on any atom is -0.491 e. The van der Waals surface area contributed by atoms with Gasteiger partial charge in [0.05, 0.1) is 6.61 Å². The first kappa shape index (κ1) is 18.0. The van der Waals surface area contributed by atoms with Crippen LogP contribution in [0.25, 0.3) is 0 Å². The standard InChI is InChI=1S/C22H30O4/c1-24-5-6-26-21-4-3-18(20(23)14-25-2)10-19(21)22-11-15-7-16(12-22)9-17(8-15)13-22/h3-4,10,15-17H,5-9,11-14H2,1-2H3. The van der Waals surface area contributed by atoms with Crippen molar-refractivity contribution in [3.63, 3.8) is 0 Å². The van der Waals surface area contributed by atoms with E-state index in [2.05, 4.69) is 6.07 Å². The van der Waals surface area contributed by atoms with E-state index in [0.717, 1.165) is 29.1 Å². The van der Waals surface area contributed by atoms with Crippen molar-refractivity contribution in [3.05, 3.63) is 29.3 Å². The van der Waals surface area contributed by atoms with Crippen LogP contribution in [-0.2, 0) is 14.9 Å². The summed E-state index contributed by atoms with van der Waals surface area (Å²) < 4.78 is 16.3. The molecule has 0 aromatic heterocycles. The Morgan fingerprint density at radius 1 is 1.00 bits per heavy atom. The van der Waals surface area contributed by atoms with Crippen LogP contribution >= 0.6 is 0 Å². The van der Waals surface area contributed by atoms with Crippen molar-refractivity contribution < 1.29 is 19.0 Å². The molecule has 0 heterocycles. The van der Waals surface area contributed by atoms with E-state index in [9.17, 15) is 4.79 Å². The molecule has 5 rings (SSSR count). The lowest BCUT2D eigenvalue weighted by molar-refractivity contribution is -0.00662. The molecule has 0 atom stereocenters. The highest BCUT2D eigenvalue weighted by atomic mass is 16.5. The van der Waals surface area contributed by atoms with Crippen LogP contribution in [-0.4, -0.2) is 39.8 Å². The molecular weight excluding hydrogens is 328 g/mol. The number of benzene rings is 1. The number of methoxy groups -OCH3 is 2. The maximum absolute atomic E-state index is 12.4. The summed E-state index contributed by atoms with van der Waals surface area (Å²) in [7, 11) is 3.26. The van der Waals surface area contributed by atoms with Crippen molar-refractivity contribution in [2.24, 2.45) is 17.8 Å². The van der Waals surface area contributed by atoms with Gasteiger partial charge >= 0.3 is 0 Å². The summed E-state index contributed by atoms with van der Waals surface area (Å²) in [5.41, 5.74) is 2.20. The van der Waals surface area contributed by atoms with Crippen LogP contribution in [0.5, 0.6) is 5.75 Å². The summed E-state index contributed by atoms with van der Waals surface area (Å²) in [6.07, 6.45) is 7.97. The fourth-order valence-electron chi connectivity index (χ4n) is 6.13. The Labute approximate surface area is 156 Å². The van der Waals surface area contributed by atoms with Crippen molar-refractivity contribution in [1.29, 1.82) is 0 Å². The molecule has 0 radical (unpaired) electrons. The predicted octanol–water partition coefficient (Wildman–Crippen LogP) is 4.01. The molecule has 26 heavy (non-hydrogen) atoms. The molecule has 1 aromatic carbocycles. The van der Waals surface area contributed by atoms with Crippen LogP contribution in [0, 0.1) is 17.8 Å². The van der Waals surface area contributed by atoms with Gasteiger partial charge in [-0.1, -0.05) is 0 Å². The van der Waals surface area contributed by atoms with Crippen molar-refractivity contribution in [1.82, 2.24) is 0 Å². The van der Waals surface area contributed by atoms with E-state index >= 15 is 0 Å². The molecule has 4 aliphatic rings. The fraction of sp³-hybridized carbons (Fsp3) is 0.682. The van der Waals surface area contributed by atoms with Gasteiger partial charge in [0.25, 0.3) is 0 Å². The third-order valence-corrected chi connectivity index (χ3v) is 6.73. The molecule has 4 heteroatoms. The van der Waals surface area contributed by atoms with E-state index in [1.165, 1.54) is 44.1 Å². The Kier molecular flexibility index (Phi) is 5.07. The first-order valence-electron chi connectivity index (χ1n) is 9.92. The van der Waals surface area contributed by atoms with Crippen LogP contribution in [0.3, 0.4) is 0 Å². The van der Waals surface area contributed by atoms with E-state index in [1.807, 2.05) is 12.1 Å². The molecule has 4 nitrogen and oxygen atoms in total. The summed E-state index contributed by atoms with van der Waals surface area (Å²) in [6.45, 7) is 1.25. The predicted molar refractivity (Wildman–Crippen MR) is 99.9 cm³/mol. The summed E-state index contributed by atoms with van der Waals surface area (Å²) in [4.78, 5) is 12.4. The van der Waals surface area contributed by atoms with E-state index < -0.39 is 0 Å². The quantitative estimate of drug-likeness (QED) is 0.520. The van der Waals surface area contributed by atoms with Gasteiger partial charge in [-0.25, -0.2) is 0 Å². The number of ketones is 1. The Morgan fingerprint density at radius 2 is 1.65 bits per heavy atom. The molecule has 0 saturated heterocycles. The second kappa shape index (κ2) is 7.32. The fourth-order valence-corrected chi connectivity index (χ4v) is 6.13. The Hall–Kier alpha value is -1.39. The number of hydrogen-bond acceptors (Lipinski definition) is 4. The van der Waals surface area contributed by atoms with Gasteiger partial charge in [-0.2, -0.15) is 0 Å². The molecule has 4 bridgehead atoms. The lowest BCUT2D eigenvalue weighted by Gasteiger charge is -2.57. The van der Waals surface area contributed by atoms with Crippen molar-refractivity contribution in [2.75, 3.05) is 34.0 Å². The van der Waals surface area contributed by atoms with Crippen molar-refractivity contribution >= 4 is 5.78 Å². The highest BCUT2D eigenvalue weighted by molar-refractivity contribution is 5.97. The number of carbonyl (C=O) groups is 1. The summed E-state index contributed by atoms with van der Waals surface area (Å²) in [5, 5.41) is 0. The monoisotopic (exact) mass is 358 g/mol. The van der Waals surface area contributed by atoms with Gasteiger partial charge in [0.1, 0.15) is 19.0 Å². The Bertz CT molecular complexity index is 631. The normalized spacial score (nSPS) is 32.0. The first-order chi connectivity index (χ1) is 12.6. The molecule has 0 aliphatic heterocycles. The number of hydrogen-bond donors (Lipinski definition) is 0. The highest BCUT2D eigenvalue weighted by Crippen LogP contribution is 2.61. The zero-order valence-electron chi connectivity index (χ0n) is 16.0. The second-order valence-corrected chi connectivity index (χ2v) is 8.61. The minimum absolute atomic E-state index is 0.0434. The topological polar surface area (TPSA) is 44.8 Å². The lowest BCUT2D eigenvalue weighted by Crippen LogP contribution is -2.48. The number of Topliss-reactive ketones (excluding diaryl/α,β-unsaturated/α-hetero) is 1.